The third-order valence-corrected chi connectivity index (χ3v) is 6.34. The summed E-state index contributed by atoms with van der Waals surface area (Å²) in [6, 6.07) is 7.55. The Labute approximate surface area is 205 Å². The van der Waals surface area contributed by atoms with Crippen molar-refractivity contribution in [3.05, 3.63) is 41.7 Å². The zero-order valence-corrected chi connectivity index (χ0v) is 20.4. The van der Waals surface area contributed by atoms with Crippen molar-refractivity contribution in [2.75, 3.05) is 63.7 Å². The third-order valence-electron chi connectivity index (χ3n) is 6.34. The first kappa shape index (κ1) is 24.5. The molecule has 0 saturated carbocycles. The van der Waals surface area contributed by atoms with Crippen molar-refractivity contribution in [3.8, 4) is 11.3 Å². The van der Waals surface area contributed by atoms with Crippen LogP contribution in [0.1, 0.15) is 19.4 Å². The van der Waals surface area contributed by atoms with Gasteiger partial charge in [-0.1, -0.05) is 6.07 Å². The fourth-order valence-electron chi connectivity index (χ4n) is 4.53. The number of carbonyl (C=O) groups excluding carboxylic acids is 2. The van der Waals surface area contributed by atoms with E-state index in [4.69, 9.17) is 20.2 Å². The summed E-state index contributed by atoms with van der Waals surface area (Å²) >= 11 is 0. The highest BCUT2D eigenvalue weighted by atomic mass is 16.5. The number of rotatable bonds is 7. The molecule has 1 saturated heterocycles. The van der Waals surface area contributed by atoms with Crippen LogP contribution in [-0.4, -0.2) is 79.8 Å². The Morgan fingerprint density at radius 2 is 1.97 bits per heavy atom. The third kappa shape index (κ3) is 5.22. The van der Waals surface area contributed by atoms with Gasteiger partial charge in [-0.3, -0.25) is 9.59 Å². The number of nitrogens with one attached hydrogen (secondary N) is 1. The van der Waals surface area contributed by atoms with E-state index in [1.165, 1.54) is 0 Å². The van der Waals surface area contributed by atoms with E-state index in [2.05, 4.69) is 15.2 Å². The Kier molecular flexibility index (Phi) is 7.50. The van der Waals surface area contributed by atoms with E-state index in [1.807, 2.05) is 29.2 Å². The fourth-order valence-corrected chi connectivity index (χ4v) is 4.53. The molecule has 10 nitrogen and oxygen atoms in total. The number of ether oxygens (including phenoxy) is 2. The normalized spacial score (nSPS) is 18.0. The first-order valence-corrected chi connectivity index (χ1v) is 11.8. The summed E-state index contributed by atoms with van der Waals surface area (Å²) in [7, 11) is 1.61. The van der Waals surface area contributed by atoms with Crippen molar-refractivity contribution in [1.82, 2.24) is 20.2 Å². The lowest BCUT2D eigenvalue weighted by Crippen LogP contribution is -2.48. The summed E-state index contributed by atoms with van der Waals surface area (Å²) in [6.45, 7) is 7.10. The van der Waals surface area contributed by atoms with Crippen LogP contribution in [0.25, 0.3) is 16.8 Å². The molecule has 2 aliphatic rings. The number of methoxy groups -OCH3 is 1. The van der Waals surface area contributed by atoms with E-state index >= 15 is 0 Å². The minimum Gasteiger partial charge on any atom is -0.465 e. The smallest absolute Gasteiger partial charge is 0.315 e. The standard InChI is InChI=1S/C25H32N6O4/c1-4-35-24(33)19-14-28-22(15-34-3)23(19)18-13-17(5-6-20(18)26)21-7-8-27-25(29-21)31-11-9-30(10-12-31)16(2)32/h5-8,13,19,28H,4,9-12,14-15,26H2,1-3H3. The molecule has 0 spiro atoms. The van der Waals surface area contributed by atoms with Crippen molar-refractivity contribution < 1.29 is 19.1 Å². The van der Waals surface area contributed by atoms with E-state index < -0.39 is 5.92 Å². The zero-order chi connectivity index (χ0) is 24.9. The van der Waals surface area contributed by atoms with E-state index in [0.29, 0.717) is 57.6 Å². The monoisotopic (exact) mass is 480 g/mol. The molecule has 1 aromatic heterocycles. The number of nitrogens with zero attached hydrogens (tertiary/aromatic N) is 4. The number of esters is 1. The molecule has 186 valence electrons. The van der Waals surface area contributed by atoms with E-state index in [0.717, 1.165) is 28.1 Å². The van der Waals surface area contributed by atoms with Gasteiger partial charge >= 0.3 is 5.97 Å². The molecule has 35 heavy (non-hydrogen) atoms. The van der Waals surface area contributed by atoms with E-state index in [9.17, 15) is 9.59 Å². The molecule has 4 rings (SSSR count). The Balaban J connectivity index is 1.66. The number of aromatic nitrogens is 2. The molecule has 2 aromatic rings. The van der Waals surface area contributed by atoms with Gasteiger partial charge in [-0.2, -0.15) is 0 Å². The highest BCUT2D eigenvalue weighted by molar-refractivity contribution is 5.94. The van der Waals surface area contributed by atoms with Crippen LogP contribution in [0.4, 0.5) is 11.6 Å². The van der Waals surface area contributed by atoms with Crippen LogP contribution in [0.15, 0.2) is 36.2 Å². The minimum atomic E-state index is -0.476. The maximum Gasteiger partial charge on any atom is 0.315 e. The number of hydrogen-bond acceptors (Lipinski definition) is 9. The Morgan fingerprint density at radius 3 is 2.66 bits per heavy atom. The Hall–Kier alpha value is -3.66. The van der Waals surface area contributed by atoms with Gasteiger partial charge in [-0.15, -0.1) is 0 Å². The van der Waals surface area contributed by atoms with Crippen molar-refractivity contribution in [2.24, 2.45) is 5.92 Å². The zero-order valence-electron chi connectivity index (χ0n) is 20.4. The highest BCUT2D eigenvalue weighted by Gasteiger charge is 2.34. The number of nitrogen functional groups attached to an aromatic ring is 1. The SMILES string of the molecule is CCOC(=O)C1CNC(COC)=C1c1cc(-c2ccnc(N3CCN(C(C)=O)CC3)n2)ccc1N. The second-order valence-corrected chi connectivity index (χ2v) is 8.55. The van der Waals surface area contributed by atoms with Crippen LogP contribution in [0.3, 0.4) is 0 Å². The van der Waals surface area contributed by atoms with Crippen LogP contribution >= 0.6 is 0 Å². The van der Waals surface area contributed by atoms with Crippen LogP contribution in [0, 0.1) is 5.92 Å². The van der Waals surface area contributed by atoms with Gasteiger partial charge in [0.15, 0.2) is 0 Å². The molecule has 1 amide bonds. The fraction of sp³-hybridized carbons (Fsp3) is 0.440. The number of benzene rings is 1. The molecule has 1 unspecified atom stereocenters. The summed E-state index contributed by atoms with van der Waals surface area (Å²) in [5.74, 6) is -0.0650. The average Bonchev–Trinajstić information content (AvgIpc) is 3.28. The molecule has 0 aliphatic carbocycles. The largest absolute Gasteiger partial charge is 0.465 e. The Bertz CT molecular complexity index is 1130. The van der Waals surface area contributed by atoms with Gasteiger partial charge < -0.3 is 30.3 Å². The molecular formula is C25H32N6O4. The summed E-state index contributed by atoms with van der Waals surface area (Å²) in [6.07, 6.45) is 1.74. The van der Waals surface area contributed by atoms with Crippen LogP contribution in [0.5, 0.6) is 0 Å². The lowest BCUT2D eigenvalue weighted by Gasteiger charge is -2.34. The molecule has 3 heterocycles. The van der Waals surface area contributed by atoms with Crippen molar-refractivity contribution in [1.29, 1.82) is 0 Å². The molecular weight excluding hydrogens is 448 g/mol. The van der Waals surface area contributed by atoms with Gasteiger partial charge in [0, 0.05) is 75.5 Å². The van der Waals surface area contributed by atoms with Crippen molar-refractivity contribution >= 4 is 29.1 Å². The predicted molar refractivity (Wildman–Crippen MR) is 133 cm³/mol. The molecule has 0 bridgehead atoms. The number of anilines is 2. The molecule has 1 fully saturated rings. The van der Waals surface area contributed by atoms with Gasteiger partial charge in [0.2, 0.25) is 11.9 Å². The number of piperazine rings is 1. The molecule has 1 atom stereocenters. The van der Waals surface area contributed by atoms with Crippen LogP contribution in [0.2, 0.25) is 0 Å². The molecule has 2 aliphatic heterocycles. The number of amides is 1. The van der Waals surface area contributed by atoms with Crippen LogP contribution < -0.4 is 16.0 Å². The van der Waals surface area contributed by atoms with E-state index in [1.54, 1.807) is 27.2 Å². The van der Waals surface area contributed by atoms with Crippen molar-refractivity contribution in [3.63, 3.8) is 0 Å². The molecule has 3 N–H and O–H groups in total. The van der Waals surface area contributed by atoms with Crippen molar-refractivity contribution in [2.45, 2.75) is 13.8 Å². The first-order valence-electron chi connectivity index (χ1n) is 11.8. The average molecular weight is 481 g/mol. The molecule has 0 radical (unpaired) electrons. The maximum atomic E-state index is 12.7. The minimum absolute atomic E-state index is 0.0818. The number of nitrogens with two attached hydrogens (primary N) is 1. The number of hydrogen-bond donors (Lipinski definition) is 2. The maximum absolute atomic E-state index is 12.7. The van der Waals surface area contributed by atoms with Gasteiger partial charge in [-0.25, -0.2) is 9.97 Å². The summed E-state index contributed by atoms with van der Waals surface area (Å²) in [5, 5.41) is 3.28. The van der Waals surface area contributed by atoms with Gasteiger partial charge in [-0.05, 0) is 30.7 Å². The topological polar surface area (TPSA) is 123 Å². The predicted octanol–water partition coefficient (Wildman–Crippen LogP) is 1.53. The lowest BCUT2D eigenvalue weighted by atomic mass is 9.90. The first-order chi connectivity index (χ1) is 16.9. The second kappa shape index (κ2) is 10.7. The summed E-state index contributed by atoms with van der Waals surface area (Å²) in [4.78, 5) is 37.5. The van der Waals surface area contributed by atoms with Gasteiger partial charge in [0.1, 0.15) is 5.92 Å². The number of carbonyl (C=O) groups is 2. The molecule has 1 aromatic carbocycles. The van der Waals surface area contributed by atoms with Crippen LogP contribution in [-0.2, 0) is 19.1 Å². The summed E-state index contributed by atoms with van der Waals surface area (Å²) in [5.41, 5.74) is 10.9. The molecule has 10 heteroatoms. The van der Waals surface area contributed by atoms with E-state index in [-0.39, 0.29) is 11.9 Å². The lowest BCUT2D eigenvalue weighted by molar-refractivity contribution is -0.145. The second-order valence-electron chi connectivity index (χ2n) is 8.55. The van der Waals surface area contributed by atoms with Gasteiger partial charge in [0.25, 0.3) is 0 Å². The highest BCUT2D eigenvalue weighted by Crippen LogP contribution is 2.37. The summed E-state index contributed by atoms with van der Waals surface area (Å²) < 4.78 is 10.7. The Morgan fingerprint density at radius 1 is 1.20 bits per heavy atom. The quantitative estimate of drug-likeness (QED) is 0.449. The van der Waals surface area contributed by atoms with Gasteiger partial charge in [0.05, 0.1) is 18.9 Å².